The average molecular weight is 709 g/mol. The fourth-order valence-corrected chi connectivity index (χ4v) is 5.53. The average Bonchev–Trinajstić information content (AvgIpc) is 3.04. The Morgan fingerprint density at radius 1 is 0.714 bits per heavy atom. The van der Waals surface area contributed by atoms with Crippen molar-refractivity contribution in [2.24, 2.45) is 0 Å². The first-order valence-electron chi connectivity index (χ1n) is 19.2. The summed E-state index contributed by atoms with van der Waals surface area (Å²) in [6.07, 6.45) is 39.8. The number of quaternary nitrogens is 1. The summed E-state index contributed by atoms with van der Waals surface area (Å²) in [5.74, 6) is -0.232. The topological polar surface area (TPSA) is 108 Å². The fraction of sp³-hybridized carbons (Fsp3) is 0.725. The number of amides is 1. The molecule has 0 aliphatic carbocycles. The van der Waals surface area contributed by atoms with Gasteiger partial charge in [-0.1, -0.05) is 120 Å². The molecule has 0 fully saturated rings. The van der Waals surface area contributed by atoms with Gasteiger partial charge < -0.3 is 28.8 Å². The molecule has 1 amide bonds. The van der Waals surface area contributed by atoms with E-state index in [1.165, 1.54) is 32.1 Å². The Balaban J connectivity index is 4.67. The quantitative estimate of drug-likeness (QED) is 0.0305. The van der Waals surface area contributed by atoms with Crippen molar-refractivity contribution in [2.45, 2.75) is 148 Å². The number of likely N-dealkylation sites (N-methyl/N-ethyl adjacent to an activating group) is 1. The van der Waals surface area contributed by atoms with E-state index >= 15 is 0 Å². The van der Waals surface area contributed by atoms with Gasteiger partial charge >= 0.3 is 0 Å². The molecule has 0 rings (SSSR count). The highest BCUT2D eigenvalue weighted by Gasteiger charge is 2.23. The maximum absolute atomic E-state index is 12.8. The normalized spacial score (nSPS) is 15.3. The molecule has 0 heterocycles. The van der Waals surface area contributed by atoms with Crippen LogP contribution in [-0.2, 0) is 18.4 Å². The molecule has 0 spiro atoms. The number of carbonyl (C=O) groups excluding carboxylic acids is 1. The van der Waals surface area contributed by atoms with Crippen LogP contribution in [0.3, 0.4) is 0 Å². The summed E-state index contributed by atoms with van der Waals surface area (Å²) < 4.78 is 23.0. The number of nitrogens with zero attached hydrogens (tertiary/aromatic N) is 1. The molecule has 0 aromatic carbocycles. The number of aliphatic hydroxyl groups excluding tert-OH is 1. The summed E-state index contributed by atoms with van der Waals surface area (Å²) >= 11 is 0. The van der Waals surface area contributed by atoms with Crippen molar-refractivity contribution in [1.29, 1.82) is 0 Å². The van der Waals surface area contributed by atoms with Crippen LogP contribution in [0.2, 0.25) is 0 Å². The molecule has 0 radical (unpaired) electrons. The Hall–Kier alpha value is -1.80. The van der Waals surface area contributed by atoms with Gasteiger partial charge in [0.15, 0.2) is 0 Å². The molecule has 0 saturated carbocycles. The summed E-state index contributed by atoms with van der Waals surface area (Å²) in [5.41, 5.74) is 0. The van der Waals surface area contributed by atoms with Gasteiger partial charge in [-0.15, -0.1) is 0 Å². The molecule has 49 heavy (non-hydrogen) atoms. The van der Waals surface area contributed by atoms with Crippen LogP contribution in [0.25, 0.3) is 0 Å². The number of unbranched alkanes of at least 4 members (excludes halogenated alkanes) is 12. The first-order valence-corrected chi connectivity index (χ1v) is 20.6. The van der Waals surface area contributed by atoms with Crippen LogP contribution < -0.4 is 10.2 Å². The second-order valence-electron chi connectivity index (χ2n) is 13.9. The molecule has 0 saturated heterocycles. The van der Waals surface area contributed by atoms with Gasteiger partial charge in [0, 0.05) is 6.42 Å². The summed E-state index contributed by atoms with van der Waals surface area (Å²) in [7, 11) is 1.21. The fourth-order valence-electron chi connectivity index (χ4n) is 4.81. The van der Waals surface area contributed by atoms with Gasteiger partial charge in [0.2, 0.25) is 5.91 Å². The number of phosphoric acid groups is 1. The van der Waals surface area contributed by atoms with E-state index in [1.54, 1.807) is 6.08 Å². The Morgan fingerprint density at radius 2 is 1.24 bits per heavy atom. The van der Waals surface area contributed by atoms with E-state index in [9.17, 15) is 19.4 Å². The number of rotatable bonds is 33. The zero-order valence-electron chi connectivity index (χ0n) is 31.9. The van der Waals surface area contributed by atoms with E-state index in [-0.39, 0.29) is 12.5 Å². The van der Waals surface area contributed by atoms with Crippen LogP contribution in [-0.4, -0.2) is 68.5 Å². The van der Waals surface area contributed by atoms with Crippen LogP contribution in [0.5, 0.6) is 0 Å². The summed E-state index contributed by atoms with van der Waals surface area (Å²) in [6.45, 7) is 4.48. The number of hydrogen-bond donors (Lipinski definition) is 2. The highest BCUT2D eigenvalue weighted by Crippen LogP contribution is 2.38. The van der Waals surface area contributed by atoms with Crippen molar-refractivity contribution in [1.82, 2.24) is 5.32 Å². The molecule has 0 aliphatic rings. The Kier molecular flexibility index (Phi) is 31.0. The van der Waals surface area contributed by atoms with Gasteiger partial charge in [0.1, 0.15) is 13.2 Å². The van der Waals surface area contributed by atoms with Crippen molar-refractivity contribution >= 4 is 13.7 Å². The van der Waals surface area contributed by atoms with Gasteiger partial charge in [-0.2, -0.15) is 0 Å². The largest absolute Gasteiger partial charge is 0.756 e. The number of hydrogen-bond acceptors (Lipinski definition) is 6. The monoisotopic (exact) mass is 709 g/mol. The van der Waals surface area contributed by atoms with Crippen molar-refractivity contribution < 1.29 is 32.9 Å². The first kappa shape index (κ1) is 47.2. The van der Waals surface area contributed by atoms with Crippen molar-refractivity contribution in [2.75, 3.05) is 40.9 Å². The van der Waals surface area contributed by atoms with Crippen molar-refractivity contribution in [3.05, 3.63) is 60.8 Å². The number of phosphoric ester groups is 1. The molecule has 284 valence electrons. The van der Waals surface area contributed by atoms with Crippen molar-refractivity contribution in [3.63, 3.8) is 0 Å². The second-order valence-corrected chi connectivity index (χ2v) is 15.3. The van der Waals surface area contributed by atoms with Crippen LogP contribution in [0, 0.1) is 0 Å². The molecule has 3 atom stereocenters. The molecule has 9 heteroatoms. The molecule has 0 aromatic rings. The molecule has 0 aliphatic heterocycles. The zero-order valence-corrected chi connectivity index (χ0v) is 32.8. The lowest BCUT2D eigenvalue weighted by Crippen LogP contribution is -2.45. The number of allylic oxidation sites excluding steroid dienone is 9. The maximum atomic E-state index is 12.8. The maximum Gasteiger partial charge on any atom is 0.268 e. The lowest BCUT2D eigenvalue weighted by Gasteiger charge is -2.29. The van der Waals surface area contributed by atoms with Gasteiger partial charge in [-0.05, 0) is 70.6 Å². The van der Waals surface area contributed by atoms with E-state index in [0.29, 0.717) is 17.4 Å². The zero-order chi connectivity index (χ0) is 36.5. The predicted molar refractivity (Wildman–Crippen MR) is 205 cm³/mol. The third-order valence-electron chi connectivity index (χ3n) is 7.91. The van der Waals surface area contributed by atoms with E-state index in [4.69, 9.17) is 9.05 Å². The highest BCUT2D eigenvalue weighted by molar-refractivity contribution is 7.45. The minimum absolute atomic E-state index is 0.0146. The van der Waals surface area contributed by atoms with Crippen LogP contribution >= 0.6 is 7.82 Å². The lowest BCUT2D eigenvalue weighted by atomic mass is 10.1. The molecule has 2 N–H and O–H groups in total. The molecule has 8 nitrogen and oxygen atoms in total. The Labute approximate surface area is 301 Å². The SMILES string of the molecule is CCC/C=C\C/C=C\CCCCCCCC(=O)NC(COP(=O)([O-])OCC[N+](C)(C)C)C(O)/C=C/CC/C=C/CC/C=C/CCCCCC. The minimum atomic E-state index is -4.60. The van der Waals surface area contributed by atoms with Gasteiger partial charge in [0.25, 0.3) is 7.82 Å². The summed E-state index contributed by atoms with van der Waals surface area (Å²) in [6, 6.07) is -0.916. The van der Waals surface area contributed by atoms with Crippen molar-refractivity contribution in [3.8, 4) is 0 Å². The molecule has 0 bridgehead atoms. The van der Waals surface area contributed by atoms with Gasteiger partial charge in [0.05, 0.1) is 39.9 Å². The van der Waals surface area contributed by atoms with Gasteiger partial charge in [-0.25, -0.2) is 0 Å². The van der Waals surface area contributed by atoms with Gasteiger partial charge in [-0.3, -0.25) is 9.36 Å². The Bertz CT molecular complexity index is 986. The number of carbonyl (C=O) groups is 1. The predicted octanol–water partition coefficient (Wildman–Crippen LogP) is 9.27. The van der Waals surface area contributed by atoms with Crippen LogP contribution in [0.15, 0.2) is 60.8 Å². The van der Waals surface area contributed by atoms with E-state index in [2.05, 4.69) is 67.8 Å². The summed E-state index contributed by atoms with van der Waals surface area (Å²) in [4.78, 5) is 25.1. The van der Waals surface area contributed by atoms with Crippen LogP contribution in [0.4, 0.5) is 0 Å². The lowest BCUT2D eigenvalue weighted by molar-refractivity contribution is -0.870. The van der Waals surface area contributed by atoms with Crippen LogP contribution in [0.1, 0.15) is 136 Å². The standard InChI is InChI=1S/C40H73N2O6P/c1-6-8-10-12-14-16-18-20-22-23-25-27-29-31-33-39(43)38(37-48-49(45,46)47-36-35-42(3,4)5)41-40(44)34-32-30-28-26-24-21-19-17-15-13-11-9-7-2/h11,13,16-19,23,25,31,33,38-39,43H,6-10,12,14-15,20-22,24,26-30,32,34-37H2,1-5H3,(H-,41,44,45,46)/b13-11-,18-16+,19-17-,25-23+,33-31+. The number of aliphatic hydroxyl groups is 1. The second kappa shape index (κ2) is 32.1. The molecule has 3 unspecified atom stereocenters. The molecular formula is C40H73N2O6P. The smallest absolute Gasteiger partial charge is 0.268 e. The third kappa shape index (κ3) is 34.4. The molecular weight excluding hydrogens is 635 g/mol. The first-order chi connectivity index (χ1) is 23.5. The highest BCUT2D eigenvalue weighted by atomic mass is 31.2. The molecule has 0 aromatic heterocycles. The van der Waals surface area contributed by atoms with E-state index in [1.807, 2.05) is 27.2 Å². The van der Waals surface area contributed by atoms with E-state index in [0.717, 1.165) is 83.5 Å². The minimum Gasteiger partial charge on any atom is -0.756 e. The summed E-state index contributed by atoms with van der Waals surface area (Å²) in [5, 5.41) is 13.7. The third-order valence-corrected chi connectivity index (χ3v) is 8.87. The number of nitrogens with one attached hydrogen (secondary N) is 1. The Morgan fingerprint density at radius 3 is 1.86 bits per heavy atom. The van der Waals surface area contributed by atoms with E-state index < -0.39 is 26.6 Å².